The van der Waals surface area contributed by atoms with Crippen LogP contribution < -0.4 is 4.90 Å². The first kappa shape index (κ1) is 12.4. The van der Waals surface area contributed by atoms with E-state index >= 15 is 0 Å². The van der Waals surface area contributed by atoms with Crippen LogP contribution in [0.3, 0.4) is 0 Å². The van der Waals surface area contributed by atoms with E-state index in [4.69, 9.17) is 4.74 Å². The van der Waals surface area contributed by atoms with Gasteiger partial charge in [-0.1, -0.05) is 6.07 Å². The van der Waals surface area contributed by atoms with Gasteiger partial charge in [-0.05, 0) is 34.5 Å². The van der Waals surface area contributed by atoms with Crippen molar-refractivity contribution in [2.45, 2.75) is 6.42 Å². The van der Waals surface area contributed by atoms with Crippen LogP contribution in [0.5, 0.6) is 0 Å². The lowest BCUT2D eigenvalue weighted by Gasteiger charge is -2.20. The lowest BCUT2D eigenvalue weighted by molar-refractivity contribution is 0.161. The number of anilines is 1. The van der Waals surface area contributed by atoms with Gasteiger partial charge in [0.05, 0.1) is 17.9 Å². The van der Waals surface area contributed by atoms with Gasteiger partial charge in [-0.3, -0.25) is 0 Å². The third-order valence-corrected chi connectivity index (χ3v) is 3.79. The molecule has 0 bridgehead atoms. The van der Waals surface area contributed by atoms with E-state index in [-0.39, 0.29) is 0 Å². The minimum Gasteiger partial charge on any atom is -0.384 e. The molecule has 1 aliphatic rings. The van der Waals surface area contributed by atoms with Gasteiger partial charge in [0.2, 0.25) is 0 Å². The Morgan fingerprint density at radius 1 is 1.59 bits per heavy atom. The second kappa shape index (κ2) is 5.52. The molecular formula is C13H15BrN2O. The largest absolute Gasteiger partial charge is 0.384 e. The van der Waals surface area contributed by atoms with Gasteiger partial charge in [0.15, 0.2) is 0 Å². The summed E-state index contributed by atoms with van der Waals surface area (Å²) < 4.78 is 6.06. The number of methoxy groups -OCH3 is 1. The smallest absolute Gasteiger partial charge is 0.103 e. The fourth-order valence-corrected chi connectivity index (χ4v) is 2.75. The highest BCUT2D eigenvalue weighted by Gasteiger charge is 2.24. The molecular weight excluding hydrogens is 280 g/mol. The molecule has 0 aromatic heterocycles. The second-order valence-corrected chi connectivity index (χ2v) is 5.16. The van der Waals surface area contributed by atoms with Crippen molar-refractivity contribution in [2.24, 2.45) is 5.92 Å². The quantitative estimate of drug-likeness (QED) is 0.860. The summed E-state index contributed by atoms with van der Waals surface area (Å²) in [7, 11) is 1.74. The SMILES string of the molecule is COCC1CCN(c2cccc(Br)c2C#N)C1. The fourth-order valence-electron chi connectivity index (χ4n) is 2.31. The molecule has 0 radical (unpaired) electrons. The maximum Gasteiger partial charge on any atom is 0.103 e. The molecule has 17 heavy (non-hydrogen) atoms. The maximum absolute atomic E-state index is 9.20. The maximum atomic E-state index is 9.20. The highest BCUT2D eigenvalue weighted by Crippen LogP contribution is 2.30. The molecule has 1 saturated heterocycles. The van der Waals surface area contributed by atoms with Crippen molar-refractivity contribution in [2.75, 3.05) is 31.7 Å². The molecule has 1 aliphatic heterocycles. The van der Waals surface area contributed by atoms with Crippen molar-refractivity contribution in [3.63, 3.8) is 0 Å². The normalized spacial score (nSPS) is 19.4. The van der Waals surface area contributed by atoms with Crippen LogP contribution in [0.2, 0.25) is 0 Å². The van der Waals surface area contributed by atoms with Crippen molar-refractivity contribution < 1.29 is 4.74 Å². The van der Waals surface area contributed by atoms with Gasteiger partial charge < -0.3 is 9.64 Å². The Labute approximate surface area is 110 Å². The summed E-state index contributed by atoms with van der Waals surface area (Å²) in [6.07, 6.45) is 1.13. The van der Waals surface area contributed by atoms with Gasteiger partial charge in [-0.2, -0.15) is 5.26 Å². The van der Waals surface area contributed by atoms with E-state index in [1.807, 2.05) is 18.2 Å². The van der Waals surface area contributed by atoms with Gasteiger partial charge in [0, 0.05) is 30.6 Å². The van der Waals surface area contributed by atoms with E-state index in [1.165, 1.54) is 0 Å². The van der Waals surface area contributed by atoms with E-state index in [0.29, 0.717) is 5.92 Å². The zero-order chi connectivity index (χ0) is 12.3. The molecule has 1 aromatic carbocycles. The van der Waals surface area contributed by atoms with Crippen molar-refractivity contribution >= 4 is 21.6 Å². The van der Waals surface area contributed by atoms with Gasteiger partial charge in [0.25, 0.3) is 0 Å². The molecule has 0 N–H and O–H groups in total. The molecule has 0 spiro atoms. The summed E-state index contributed by atoms with van der Waals surface area (Å²) in [6, 6.07) is 8.16. The van der Waals surface area contributed by atoms with Gasteiger partial charge in [-0.25, -0.2) is 0 Å². The summed E-state index contributed by atoms with van der Waals surface area (Å²) in [4.78, 5) is 2.27. The molecule has 90 valence electrons. The molecule has 2 rings (SSSR count). The monoisotopic (exact) mass is 294 g/mol. The third kappa shape index (κ3) is 2.62. The van der Waals surface area contributed by atoms with Crippen LogP contribution in [0.1, 0.15) is 12.0 Å². The molecule has 1 aromatic rings. The van der Waals surface area contributed by atoms with Crippen molar-refractivity contribution in [3.05, 3.63) is 28.2 Å². The number of hydrogen-bond acceptors (Lipinski definition) is 3. The average Bonchev–Trinajstić information content (AvgIpc) is 2.78. The van der Waals surface area contributed by atoms with Crippen LogP contribution in [0.15, 0.2) is 22.7 Å². The van der Waals surface area contributed by atoms with Crippen molar-refractivity contribution in [1.82, 2.24) is 0 Å². The molecule has 0 aliphatic carbocycles. The van der Waals surface area contributed by atoms with E-state index in [2.05, 4.69) is 26.9 Å². The van der Waals surface area contributed by atoms with Crippen LogP contribution in [-0.2, 0) is 4.74 Å². The summed E-state index contributed by atoms with van der Waals surface area (Å²) in [5, 5.41) is 9.20. The minimum absolute atomic E-state index is 0.575. The van der Waals surface area contributed by atoms with E-state index in [1.54, 1.807) is 7.11 Å². The predicted octanol–water partition coefficient (Wildman–Crippen LogP) is 2.79. The van der Waals surface area contributed by atoms with Gasteiger partial charge >= 0.3 is 0 Å². The summed E-state index contributed by atoms with van der Waals surface area (Å²) >= 11 is 3.43. The summed E-state index contributed by atoms with van der Waals surface area (Å²) in [5.74, 6) is 0.575. The zero-order valence-corrected chi connectivity index (χ0v) is 11.4. The lowest BCUT2D eigenvalue weighted by Crippen LogP contribution is -2.21. The number of nitrogens with zero attached hydrogens (tertiary/aromatic N) is 2. The van der Waals surface area contributed by atoms with Crippen molar-refractivity contribution in [1.29, 1.82) is 5.26 Å². The number of nitriles is 1. The Balaban J connectivity index is 2.19. The van der Waals surface area contributed by atoms with Crippen LogP contribution in [0.4, 0.5) is 5.69 Å². The first-order valence-corrected chi connectivity index (χ1v) is 6.48. The van der Waals surface area contributed by atoms with E-state index < -0.39 is 0 Å². The molecule has 1 atom stereocenters. The highest BCUT2D eigenvalue weighted by atomic mass is 79.9. The van der Waals surface area contributed by atoms with E-state index in [9.17, 15) is 5.26 Å². The number of hydrogen-bond donors (Lipinski definition) is 0. The Morgan fingerprint density at radius 3 is 3.12 bits per heavy atom. The van der Waals surface area contributed by atoms with Gasteiger partial charge in [0.1, 0.15) is 6.07 Å². The molecule has 1 unspecified atom stereocenters. The third-order valence-electron chi connectivity index (χ3n) is 3.13. The molecule has 0 saturated carbocycles. The van der Waals surface area contributed by atoms with Crippen LogP contribution in [0.25, 0.3) is 0 Å². The second-order valence-electron chi connectivity index (χ2n) is 4.30. The zero-order valence-electron chi connectivity index (χ0n) is 9.82. The fraction of sp³-hybridized carbons (Fsp3) is 0.462. The first-order chi connectivity index (χ1) is 8.26. The minimum atomic E-state index is 0.575. The van der Waals surface area contributed by atoms with E-state index in [0.717, 1.165) is 41.8 Å². The average molecular weight is 295 g/mol. The molecule has 3 nitrogen and oxygen atoms in total. The standard InChI is InChI=1S/C13H15BrN2O/c1-17-9-10-5-6-16(8-10)13-4-2-3-12(14)11(13)7-15/h2-4,10H,5-6,8-9H2,1H3. The Kier molecular flexibility index (Phi) is 4.03. The van der Waals surface area contributed by atoms with Crippen molar-refractivity contribution in [3.8, 4) is 6.07 Å². The first-order valence-electron chi connectivity index (χ1n) is 5.68. The molecule has 1 heterocycles. The Morgan fingerprint density at radius 2 is 2.41 bits per heavy atom. The van der Waals surface area contributed by atoms with Crippen LogP contribution >= 0.6 is 15.9 Å². The van der Waals surface area contributed by atoms with Crippen LogP contribution in [-0.4, -0.2) is 26.8 Å². The molecule has 1 fully saturated rings. The molecule has 0 amide bonds. The number of halogens is 1. The number of rotatable bonds is 3. The predicted molar refractivity (Wildman–Crippen MR) is 71.1 cm³/mol. The number of ether oxygens (including phenoxy) is 1. The lowest BCUT2D eigenvalue weighted by atomic mass is 10.1. The molecule has 4 heteroatoms. The van der Waals surface area contributed by atoms with Gasteiger partial charge in [-0.15, -0.1) is 0 Å². The summed E-state index contributed by atoms with van der Waals surface area (Å²) in [5.41, 5.74) is 1.76. The topological polar surface area (TPSA) is 36.3 Å². The van der Waals surface area contributed by atoms with Crippen LogP contribution in [0, 0.1) is 17.2 Å². The Bertz CT molecular complexity index is 442. The number of benzene rings is 1. The summed E-state index contributed by atoms with van der Waals surface area (Å²) in [6.45, 7) is 2.77. The highest BCUT2D eigenvalue weighted by molar-refractivity contribution is 9.10. The Hall–Kier alpha value is -1.05.